The molecule has 0 spiro atoms. The van der Waals surface area contributed by atoms with Crippen molar-refractivity contribution in [3.63, 3.8) is 0 Å². The number of halogens is 2. The molecule has 6 heteroatoms. The first-order valence-electron chi connectivity index (χ1n) is 5.01. The molecule has 0 saturated carbocycles. The summed E-state index contributed by atoms with van der Waals surface area (Å²) in [6.07, 6.45) is -0.622. The Morgan fingerprint density at radius 2 is 2.35 bits per heavy atom. The van der Waals surface area contributed by atoms with E-state index in [2.05, 4.69) is 21.2 Å². The Balaban J connectivity index is 2.42. The molecule has 0 radical (unpaired) electrons. The molecule has 1 rings (SSSR count). The number of rotatable bonds is 5. The molecule has 0 aliphatic carbocycles. The number of carbonyl (C=O) groups excluding carboxylic acids is 1. The van der Waals surface area contributed by atoms with E-state index in [1.54, 1.807) is 13.0 Å². The molecule has 0 saturated heterocycles. The summed E-state index contributed by atoms with van der Waals surface area (Å²) in [6, 6.07) is 4.30. The monoisotopic (exact) mass is 305 g/mol. The van der Waals surface area contributed by atoms with Crippen molar-refractivity contribution in [3.8, 4) is 5.75 Å². The third-order valence-electron chi connectivity index (χ3n) is 1.85. The van der Waals surface area contributed by atoms with Crippen LogP contribution in [0.25, 0.3) is 0 Å². The average Bonchev–Trinajstić information content (AvgIpc) is 2.25. The van der Waals surface area contributed by atoms with Gasteiger partial charge in [-0.1, -0.05) is 15.9 Å². The van der Waals surface area contributed by atoms with Gasteiger partial charge in [-0.25, -0.2) is 4.39 Å². The van der Waals surface area contributed by atoms with Crippen LogP contribution in [0.3, 0.4) is 0 Å². The molecule has 2 N–H and O–H groups in total. The highest BCUT2D eigenvalue weighted by molar-refractivity contribution is 9.10. The van der Waals surface area contributed by atoms with Gasteiger partial charge in [0.15, 0.2) is 18.2 Å². The summed E-state index contributed by atoms with van der Waals surface area (Å²) < 4.78 is 18.9. The summed E-state index contributed by atoms with van der Waals surface area (Å²) in [5.74, 6) is -0.934. The number of carbonyl (C=O) groups is 1. The normalized spacial score (nSPS) is 12.0. The minimum absolute atomic E-state index is 0.0143. The van der Waals surface area contributed by atoms with Gasteiger partial charge in [-0.3, -0.25) is 4.79 Å². The zero-order valence-electron chi connectivity index (χ0n) is 9.24. The van der Waals surface area contributed by atoms with E-state index in [-0.39, 0.29) is 18.9 Å². The lowest BCUT2D eigenvalue weighted by Crippen LogP contribution is -2.34. The highest BCUT2D eigenvalue weighted by Gasteiger charge is 2.07. The van der Waals surface area contributed by atoms with E-state index >= 15 is 0 Å². The summed E-state index contributed by atoms with van der Waals surface area (Å²) in [5.41, 5.74) is 0. The highest BCUT2D eigenvalue weighted by atomic mass is 79.9. The van der Waals surface area contributed by atoms with Gasteiger partial charge in [-0.05, 0) is 25.1 Å². The van der Waals surface area contributed by atoms with Crippen LogP contribution in [-0.2, 0) is 4.79 Å². The predicted molar refractivity (Wildman–Crippen MR) is 64.3 cm³/mol. The highest BCUT2D eigenvalue weighted by Crippen LogP contribution is 2.21. The fourth-order valence-electron chi connectivity index (χ4n) is 1.05. The van der Waals surface area contributed by atoms with E-state index in [0.29, 0.717) is 4.47 Å². The third-order valence-corrected chi connectivity index (χ3v) is 2.34. The number of ether oxygens (including phenoxy) is 1. The zero-order valence-corrected chi connectivity index (χ0v) is 10.8. The second kappa shape index (κ2) is 6.56. The van der Waals surface area contributed by atoms with Gasteiger partial charge < -0.3 is 15.2 Å². The molecule has 0 aliphatic rings. The topological polar surface area (TPSA) is 58.6 Å². The van der Waals surface area contributed by atoms with E-state index in [0.717, 1.165) is 0 Å². The maximum absolute atomic E-state index is 13.3. The predicted octanol–water partition coefficient (Wildman–Crippen LogP) is 1.46. The van der Waals surface area contributed by atoms with Gasteiger partial charge in [0.25, 0.3) is 5.91 Å². The Morgan fingerprint density at radius 1 is 1.65 bits per heavy atom. The number of hydrogen-bond acceptors (Lipinski definition) is 3. The third kappa shape index (κ3) is 5.14. The molecule has 94 valence electrons. The molecule has 17 heavy (non-hydrogen) atoms. The molecule has 0 unspecified atom stereocenters. The smallest absolute Gasteiger partial charge is 0.258 e. The van der Waals surface area contributed by atoms with Crippen LogP contribution in [0.4, 0.5) is 4.39 Å². The summed E-state index contributed by atoms with van der Waals surface area (Å²) in [5, 5.41) is 11.4. The number of aliphatic hydroxyl groups excluding tert-OH is 1. The Kier molecular flexibility index (Phi) is 5.37. The SMILES string of the molecule is C[C@H](O)CNC(=O)COc1ccc(Br)cc1F. The molecular weight excluding hydrogens is 293 g/mol. The van der Waals surface area contributed by atoms with Crippen LogP contribution >= 0.6 is 15.9 Å². The van der Waals surface area contributed by atoms with Crippen molar-refractivity contribution in [1.29, 1.82) is 0 Å². The van der Waals surface area contributed by atoms with Gasteiger partial charge in [-0.2, -0.15) is 0 Å². The van der Waals surface area contributed by atoms with E-state index in [1.165, 1.54) is 12.1 Å². The Hall–Kier alpha value is -1.14. The Labute approximate surface area is 107 Å². The fourth-order valence-corrected chi connectivity index (χ4v) is 1.38. The molecular formula is C11H13BrFNO3. The largest absolute Gasteiger partial charge is 0.481 e. The van der Waals surface area contributed by atoms with Crippen molar-refractivity contribution in [2.75, 3.05) is 13.2 Å². The molecule has 0 aromatic heterocycles. The van der Waals surface area contributed by atoms with Crippen LogP contribution in [0.2, 0.25) is 0 Å². The Bertz CT molecular complexity index is 398. The molecule has 4 nitrogen and oxygen atoms in total. The number of benzene rings is 1. The maximum atomic E-state index is 13.3. The van der Waals surface area contributed by atoms with Crippen molar-refractivity contribution in [2.24, 2.45) is 0 Å². The van der Waals surface area contributed by atoms with Crippen molar-refractivity contribution in [2.45, 2.75) is 13.0 Å². The van der Waals surface area contributed by atoms with Gasteiger partial charge in [0.05, 0.1) is 6.10 Å². The minimum atomic E-state index is -0.622. The van der Waals surface area contributed by atoms with Crippen LogP contribution < -0.4 is 10.1 Å². The molecule has 1 atom stereocenters. The molecule has 0 heterocycles. The number of nitrogens with one attached hydrogen (secondary N) is 1. The first kappa shape index (κ1) is 13.9. The molecule has 1 amide bonds. The molecule has 0 fully saturated rings. The standard InChI is InChI=1S/C11H13BrFNO3/c1-7(15)5-14-11(16)6-17-10-3-2-8(12)4-9(10)13/h2-4,7,15H,5-6H2,1H3,(H,14,16)/t7-/m0/s1. The lowest BCUT2D eigenvalue weighted by molar-refractivity contribution is -0.123. The van der Waals surface area contributed by atoms with Gasteiger partial charge in [0.2, 0.25) is 0 Å². The van der Waals surface area contributed by atoms with Crippen LogP contribution in [0.5, 0.6) is 5.75 Å². The van der Waals surface area contributed by atoms with Gasteiger partial charge in [0.1, 0.15) is 0 Å². The summed E-state index contributed by atoms with van der Waals surface area (Å²) in [7, 11) is 0. The lowest BCUT2D eigenvalue weighted by atomic mass is 10.3. The first-order valence-corrected chi connectivity index (χ1v) is 5.81. The van der Waals surface area contributed by atoms with Crippen molar-refractivity contribution >= 4 is 21.8 Å². The second-order valence-corrected chi connectivity index (χ2v) is 4.43. The zero-order chi connectivity index (χ0) is 12.8. The molecule has 1 aromatic carbocycles. The fraction of sp³-hybridized carbons (Fsp3) is 0.364. The molecule has 0 aliphatic heterocycles. The summed E-state index contributed by atoms with van der Waals surface area (Å²) in [6.45, 7) is 1.41. The maximum Gasteiger partial charge on any atom is 0.258 e. The van der Waals surface area contributed by atoms with Crippen molar-refractivity contribution in [3.05, 3.63) is 28.5 Å². The number of amides is 1. The van der Waals surface area contributed by atoms with Gasteiger partial charge >= 0.3 is 0 Å². The quantitative estimate of drug-likeness (QED) is 0.866. The number of hydrogen-bond donors (Lipinski definition) is 2. The van der Waals surface area contributed by atoms with Crippen LogP contribution in [0, 0.1) is 5.82 Å². The van der Waals surface area contributed by atoms with Crippen molar-refractivity contribution < 1.29 is 19.0 Å². The summed E-state index contributed by atoms with van der Waals surface area (Å²) >= 11 is 3.11. The molecule has 1 aromatic rings. The van der Waals surface area contributed by atoms with Crippen LogP contribution in [-0.4, -0.2) is 30.3 Å². The Morgan fingerprint density at radius 3 is 2.94 bits per heavy atom. The average molecular weight is 306 g/mol. The van der Waals surface area contributed by atoms with Gasteiger partial charge in [0, 0.05) is 11.0 Å². The van der Waals surface area contributed by atoms with E-state index in [9.17, 15) is 9.18 Å². The second-order valence-electron chi connectivity index (χ2n) is 3.52. The molecule has 0 bridgehead atoms. The first-order chi connectivity index (χ1) is 7.99. The van der Waals surface area contributed by atoms with Crippen LogP contribution in [0.15, 0.2) is 22.7 Å². The summed E-state index contributed by atoms with van der Waals surface area (Å²) in [4.78, 5) is 11.2. The van der Waals surface area contributed by atoms with E-state index in [1.807, 2.05) is 0 Å². The van der Waals surface area contributed by atoms with Gasteiger partial charge in [-0.15, -0.1) is 0 Å². The van der Waals surface area contributed by atoms with E-state index < -0.39 is 17.8 Å². The lowest BCUT2D eigenvalue weighted by Gasteiger charge is -2.09. The minimum Gasteiger partial charge on any atom is -0.481 e. The van der Waals surface area contributed by atoms with Crippen LogP contribution in [0.1, 0.15) is 6.92 Å². The number of aliphatic hydroxyl groups is 1. The van der Waals surface area contributed by atoms with Crippen molar-refractivity contribution in [1.82, 2.24) is 5.32 Å². The van der Waals surface area contributed by atoms with E-state index in [4.69, 9.17) is 9.84 Å².